The van der Waals surface area contributed by atoms with Crippen LogP contribution in [-0.4, -0.2) is 32.8 Å². The van der Waals surface area contributed by atoms with E-state index in [0.717, 1.165) is 0 Å². The quantitative estimate of drug-likeness (QED) is 0.863. The van der Waals surface area contributed by atoms with Gasteiger partial charge in [0.25, 0.3) is 0 Å². The van der Waals surface area contributed by atoms with Crippen LogP contribution in [0.4, 0.5) is 5.69 Å². The number of benzene rings is 1. The molecule has 0 spiro atoms. The fourth-order valence-corrected chi connectivity index (χ4v) is 3.33. The molecule has 0 radical (unpaired) electrons. The highest BCUT2D eigenvalue weighted by molar-refractivity contribution is 8.24. The molecule has 0 bridgehead atoms. The maximum Gasteiger partial charge on any atom is 0.241 e. The highest BCUT2D eigenvalue weighted by Crippen LogP contribution is 2.26. The zero-order valence-corrected chi connectivity index (χ0v) is 13.1. The van der Waals surface area contributed by atoms with Crippen molar-refractivity contribution in [3.05, 3.63) is 29.3 Å². The molecule has 1 aliphatic rings. The monoisotopic (exact) mass is 328 g/mol. The van der Waals surface area contributed by atoms with E-state index in [1.807, 2.05) is 6.92 Å². The van der Waals surface area contributed by atoms with Gasteiger partial charge in [-0.05, 0) is 31.2 Å². The summed E-state index contributed by atoms with van der Waals surface area (Å²) in [5, 5.41) is 3.21. The molecule has 1 saturated heterocycles. The van der Waals surface area contributed by atoms with Crippen molar-refractivity contribution >= 4 is 57.4 Å². The second-order valence-corrected chi connectivity index (χ2v) is 6.73. The van der Waals surface area contributed by atoms with Gasteiger partial charge in [-0.25, -0.2) is 0 Å². The van der Waals surface area contributed by atoms with E-state index in [0.29, 0.717) is 21.6 Å². The summed E-state index contributed by atoms with van der Waals surface area (Å²) in [4.78, 5) is 25.1. The number of hydrogen-bond acceptors (Lipinski definition) is 4. The average Bonchev–Trinajstić information content (AvgIpc) is 2.64. The van der Waals surface area contributed by atoms with Crippen LogP contribution in [0.25, 0.3) is 0 Å². The van der Waals surface area contributed by atoms with Crippen molar-refractivity contribution in [2.24, 2.45) is 0 Å². The third kappa shape index (κ3) is 3.71. The van der Waals surface area contributed by atoms with Crippen molar-refractivity contribution in [3.63, 3.8) is 0 Å². The Bertz CT molecular complexity index is 548. The smallest absolute Gasteiger partial charge is 0.241 e. The van der Waals surface area contributed by atoms with Crippen molar-refractivity contribution in [2.45, 2.75) is 18.6 Å². The van der Waals surface area contributed by atoms with Crippen LogP contribution in [0.3, 0.4) is 0 Å². The Morgan fingerprint density at radius 1 is 1.45 bits per heavy atom. The molecule has 7 heteroatoms. The Labute approximate surface area is 131 Å². The van der Waals surface area contributed by atoms with Gasteiger partial charge in [-0.1, -0.05) is 35.6 Å². The van der Waals surface area contributed by atoms with Gasteiger partial charge in [0.15, 0.2) is 0 Å². The molecule has 0 saturated carbocycles. The summed E-state index contributed by atoms with van der Waals surface area (Å²) < 4.78 is 0.543. The summed E-state index contributed by atoms with van der Waals surface area (Å²) in [6.45, 7) is 2.13. The van der Waals surface area contributed by atoms with Gasteiger partial charge < -0.3 is 5.32 Å². The number of carbonyl (C=O) groups is 2. The van der Waals surface area contributed by atoms with E-state index in [1.54, 1.807) is 24.3 Å². The van der Waals surface area contributed by atoms with Crippen molar-refractivity contribution in [1.82, 2.24) is 4.90 Å². The molecule has 1 fully saturated rings. The van der Waals surface area contributed by atoms with Gasteiger partial charge in [0, 0.05) is 23.7 Å². The lowest BCUT2D eigenvalue weighted by atomic mass is 10.3. The predicted octanol–water partition coefficient (Wildman–Crippen LogP) is 2.92. The van der Waals surface area contributed by atoms with Gasteiger partial charge in [0.1, 0.15) is 4.32 Å². The number of rotatable bonds is 4. The second-order valence-electron chi connectivity index (χ2n) is 4.32. The van der Waals surface area contributed by atoms with Gasteiger partial charge in [-0.3, -0.25) is 14.5 Å². The first-order valence-electron chi connectivity index (χ1n) is 6.05. The van der Waals surface area contributed by atoms with E-state index >= 15 is 0 Å². The summed E-state index contributed by atoms with van der Waals surface area (Å²) in [5.41, 5.74) is 0.678. The average molecular weight is 329 g/mol. The van der Waals surface area contributed by atoms with Gasteiger partial charge in [-0.2, -0.15) is 0 Å². The third-order valence-corrected chi connectivity index (χ3v) is 4.54. The van der Waals surface area contributed by atoms with Gasteiger partial charge in [0.05, 0.1) is 5.25 Å². The van der Waals surface area contributed by atoms with Gasteiger partial charge >= 0.3 is 0 Å². The molecule has 1 atom stereocenters. The lowest BCUT2D eigenvalue weighted by Crippen LogP contribution is -2.33. The molecule has 2 rings (SSSR count). The normalized spacial score (nSPS) is 18.5. The fraction of sp³-hybridized carbons (Fsp3) is 0.308. The zero-order valence-electron chi connectivity index (χ0n) is 10.8. The Morgan fingerprint density at radius 2 is 2.10 bits per heavy atom. The standard InChI is InChI=1S/C13H13ClN2O2S2/c1-8-12(18)16(13(19)20-8)7-6-11(17)15-10-4-2-9(14)3-5-10/h2-5,8H,6-7H2,1H3,(H,15,17). The molecule has 1 aliphatic heterocycles. The van der Waals surface area contributed by atoms with E-state index < -0.39 is 0 Å². The third-order valence-electron chi connectivity index (χ3n) is 2.80. The largest absolute Gasteiger partial charge is 0.326 e. The molecule has 2 amide bonds. The van der Waals surface area contributed by atoms with E-state index in [4.69, 9.17) is 23.8 Å². The first-order valence-corrected chi connectivity index (χ1v) is 7.71. The lowest BCUT2D eigenvalue weighted by molar-refractivity contribution is -0.126. The summed E-state index contributed by atoms with van der Waals surface area (Å²) >= 11 is 12.2. The number of hydrogen-bond donors (Lipinski definition) is 1. The van der Waals surface area contributed by atoms with Crippen LogP contribution in [0.2, 0.25) is 5.02 Å². The summed E-state index contributed by atoms with van der Waals surface area (Å²) in [6.07, 6.45) is 0.210. The van der Waals surface area contributed by atoms with Crippen LogP contribution in [-0.2, 0) is 9.59 Å². The van der Waals surface area contributed by atoms with Crippen molar-refractivity contribution in [3.8, 4) is 0 Å². The number of halogens is 1. The minimum Gasteiger partial charge on any atom is -0.326 e. The Hall–Kier alpha value is -1.11. The Kier molecular flexibility index (Phi) is 5.01. The van der Waals surface area contributed by atoms with E-state index in [9.17, 15) is 9.59 Å². The lowest BCUT2D eigenvalue weighted by Gasteiger charge is -2.14. The maximum absolute atomic E-state index is 11.8. The minimum absolute atomic E-state index is 0.0284. The molecule has 1 N–H and O–H groups in total. The molecule has 106 valence electrons. The number of thioether (sulfide) groups is 1. The second kappa shape index (κ2) is 6.56. The Morgan fingerprint density at radius 3 is 2.65 bits per heavy atom. The topological polar surface area (TPSA) is 49.4 Å². The van der Waals surface area contributed by atoms with Crippen LogP contribution >= 0.6 is 35.6 Å². The number of nitrogens with zero attached hydrogens (tertiary/aromatic N) is 1. The number of nitrogens with one attached hydrogen (secondary N) is 1. The molecule has 0 aromatic heterocycles. The van der Waals surface area contributed by atoms with Crippen molar-refractivity contribution in [2.75, 3.05) is 11.9 Å². The molecule has 0 aliphatic carbocycles. The summed E-state index contributed by atoms with van der Waals surface area (Å²) in [5.74, 6) is -0.188. The molecule has 1 aromatic rings. The summed E-state index contributed by atoms with van der Waals surface area (Å²) in [7, 11) is 0. The maximum atomic E-state index is 11.8. The SMILES string of the molecule is CC1SC(=S)N(CCC(=O)Nc2ccc(Cl)cc2)C1=O. The molecule has 1 unspecified atom stereocenters. The van der Waals surface area contributed by atoms with Crippen molar-refractivity contribution in [1.29, 1.82) is 0 Å². The van der Waals surface area contributed by atoms with Gasteiger partial charge in [0.2, 0.25) is 11.8 Å². The first-order chi connectivity index (χ1) is 9.47. The molecule has 1 aromatic carbocycles. The molecule has 20 heavy (non-hydrogen) atoms. The number of anilines is 1. The fourth-order valence-electron chi connectivity index (χ4n) is 1.75. The van der Waals surface area contributed by atoms with Gasteiger partial charge in [-0.15, -0.1) is 0 Å². The number of thiocarbonyl (C=S) groups is 1. The first kappa shape index (κ1) is 15.3. The van der Waals surface area contributed by atoms with Crippen LogP contribution in [0, 0.1) is 0 Å². The van der Waals surface area contributed by atoms with Crippen LogP contribution < -0.4 is 5.32 Å². The van der Waals surface area contributed by atoms with E-state index in [-0.39, 0.29) is 23.5 Å². The van der Waals surface area contributed by atoms with Crippen LogP contribution in [0.15, 0.2) is 24.3 Å². The highest BCUT2D eigenvalue weighted by atomic mass is 35.5. The van der Waals surface area contributed by atoms with Crippen molar-refractivity contribution < 1.29 is 9.59 Å². The molecular formula is C13H13ClN2O2S2. The highest BCUT2D eigenvalue weighted by Gasteiger charge is 2.33. The van der Waals surface area contributed by atoms with E-state index in [1.165, 1.54) is 16.7 Å². The molecular weight excluding hydrogens is 316 g/mol. The summed E-state index contributed by atoms with van der Waals surface area (Å²) in [6, 6.07) is 6.86. The zero-order chi connectivity index (χ0) is 14.7. The van der Waals surface area contributed by atoms with Crippen LogP contribution in [0.5, 0.6) is 0 Å². The predicted molar refractivity (Wildman–Crippen MR) is 86.1 cm³/mol. The number of carbonyl (C=O) groups excluding carboxylic acids is 2. The van der Waals surface area contributed by atoms with Crippen LogP contribution in [0.1, 0.15) is 13.3 Å². The number of amides is 2. The minimum atomic E-state index is -0.160. The molecule has 4 nitrogen and oxygen atoms in total. The Balaban J connectivity index is 1.85. The van der Waals surface area contributed by atoms with E-state index in [2.05, 4.69) is 5.32 Å². The molecule has 1 heterocycles.